The van der Waals surface area contributed by atoms with E-state index in [0.717, 1.165) is 22.3 Å². The van der Waals surface area contributed by atoms with Crippen LogP contribution in [0, 0.1) is 6.33 Å². The Balaban J connectivity index is 2.31. The summed E-state index contributed by atoms with van der Waals surface area (Å²) < 4.78 is 0. The van der Waals surface area contributed by atoms with E-state index in [1.165, 1.54) is 0 Å². The summed E-state index contributed by atoms with van der Waals surface area (Å²) in [5, 5.41) is 0. The van der Waals surface area contributed by atoms with Crippen LogP contribution < -0.4 is 0 Å². The van der Waals surface area contributed by atoms with Crippen LogP contribution in [-0.2, 0) is 0 Å². The zero-order valence-electron chi connectivity index (χ0n) is 7.94. The van der Waals surface area contributed by atoms with E-state index in [-0.39, 0.29) is 0 Å². The molecular formula is C12H8N3. The predicted molar refractivity (Wildman–Crippen MR) is 58.2 cm³/mol. The van der Waals surface area contributed by atoms with Gasteiger partial charge in [0.2, 0.25) is 0 Å². The predicted octanol–water partition coefficient (Wildman–Crippen LogP) is 2.43. The molecule has 0 amide bonds. The summed E-state index contributed by atoms with van der Waals surface area (Å²) in [7, 11) is 0. The highest BCUT2D eigenvalue weighted by Crippen LogP contribution is 2.23. The Kier molecular flexibility index (Phi) is 1.75. The van der Waals surface area contributed by atoms with Crippen molar-refractivity contribution in [1.82, 2.24) is 15.0 Å². The lowest BCUT2D eigenvalue weighted by atomic mass is 10.1. The Morgan fingerprint density at radius 2 is 2.07 bits per heavy atom. The number of benzene rings is 1. The molecule has 15 heavy (non-hydrogen) atoms. The third-order valence-electron chi connectivity index (χ3n) is 2.34. The minimum Gasteiger partial charge on any atom is -0.335 e. The molecule has 0 aliphatic carbocycles. The van der Waals surface area contributed by atoms with Gasteiger partial charge >= 0.3 is 0 Å². The Bertz CT molecular complexity index is 584. The number of aromatic nitrogens is 3. The molecule has 0 saturated heterocycles. The van der Waals surface area contributed by atoms with E-state index in [0.29, 0.717) is 0 Å². The molecule has 3 rings (SSSR count). The molecule has 0 bridgehead atoms. The summed E-state index contributed by atoms with van der Waals surface area (Å²) in [5.41, 5.74) is 3.86. The molecule has 0 saturated carbocycles. The van der Waals surface area contributed by atoms with Crippen molar-refractivity contribution in [2.24, 2.45) is 0 Å². The zero-order valence-corrected chi connectivity index (χ0v) is 7.94. The molecule has 3 heteroatoms. The highest BCUT2D eigenvalue weighted by molar-refractivity contribution is 5.90. The maximum absolute atomic E-state index is 4.31. The van der Waals surface area contributed by atoms with Crippen LogP contribution in [0.5, 0.6) is 0 Å². The molecule has 2 aromatic heterocycles. The molecule has 0 unspecified atom stereocenters. The number of nitrogens with zero attached hydrogens (tertiary/aromatic N) is 2. The van der Waals surface area contributed by atoms with Gasteiger partial charge in [0, 0.05) is 11.8 Å². The first kappa shape index (κ1) is 8.17. The average Bonchev–Trinajstić information content (AvgIpc) is 2.78. The summed E-state index contributed by atoms with van der Waals surface area (Å²) in [5.74, 6) is 0. The Hall–Kier alpha value is -2.16. The molecule has 0 aliphatic heterocycles. The van der Waals surface area contributed by atoms with Crippen LogP contribution >= 0.6 is 0 Å². The minimum absolute atomic E-state index is 0.913. The fourth-order valence-electron chi connectivity index (χ4n) is 1.64. The van der Waals surface area contributed by atoms with Gasteiger partial charge in [-0.15, -0.1) is 0 Å². The van der Waals surface area contributed by atoms with Gasteiger partial charge in [-0.05, 0) is 18.2 Å². The maximum atomic E-state index is 4.31. The van der Waals surface area contributed by atoms with Crippen molar-refractivity contribution in [3.63, 3.8) is 0 Å². The van der Waals surface area contributed by atoms with E-state index in [2.05, 4.69) is 21.3 Å². The monoisotopic (exact) mass is 194 g/mol. The molecule has 0 atom stereocenters. The summed E-state index contributed by atoms with van der Waals surface area (Å²) in [6.07, 6.45) is 4.53. The van der Waals surface area contributed by atoms with Crippen molar-refractivity contribution < 1.29 is 0 Å². The maximum Gasteiger partial charge on any atom is 0.174 e. The smallest absolute Gasteiger partial charge is 0.174 e. The number of imidazole rings is 1. The van der Waals surface area contributed by atoms with Gasteiger partial charge in [-0.25, -0.2) is 4.98 Å². The Morgan fingerprint density at radius 1 is 1.07 bits per heavy atom. The first-order valence-electron chi connectivity index (χ1n) is 4.71. The second-order valence-corrected chi connectivity index (χ2v) is 3.27. The second-order valence-electron chi connectivity index (χ2n) is 3.27. The molecule has 1 radical (unpaired) electrons. The highest BCUT2D eigenvalue weighted by atomic mass is 14.9. The summed E-state index contributed by atoms with van der Waals surface area (Å²) >= 11 is 0. The van der Waals surface area contributed by atoms with Gasteiger partial charge < -0.3 is 4.98 Å². The van der Waals surface area contributed by atoms with Crippen LogP contribution in [0.2, 0.25) is 0 Å². The van der Waals surface area contributed by atoms with E-state index in [1.807, 2.05) is 36.4 Å². The minimum atomic E-state index is 0.913. The van der Waals surface area contributed by atoms with Crippen LogP contribution in [0.15, 0.2) is 42.6 Å². The normalized spacial score (nSPS) is 10.7. The summed E-state index contributed by atoms with van der Waals surface area (Å²) in [4.78, 5) is 11.5. The molecule has 3 nitrogen and oxygen atoms in total. The lowest BCUT2D eigenvalue weighted by Gasteiger charge is -2.00. The third-order valence-corrected chi connectivity index (χ3v) is 2.34. The first-order chi connectivity index (χ1) is 7.45. The number of hydrogen-bond acceptors (Lipinski definition) is 2. The molecule has 71 valence electrons. The number of aromatic amines is 1. The van der Waals surface area contributed by atoms with Gasteiger partial charge in [0.05, 0.1) is 16.7 Å². The van der Waals surface area contributed by atoms with Crippen LogP contribution in [0.4, 0.5) is 0 Å². The van der Waals surface area contributed by atoms with E-state index < -0.39 is 0 Å². The molecule has 3 aromatic rings. The number of pyridine rings is 1. The van der Waals surface area contributed by atoms with E-state index >= 15 is 0 Å². The largest absolute Gasteiger partial charge is 0.335 e. The number of nitrogens with one attached hydrogen (secondary N) is 1. The lowest BCUT2D eigenvalue weighted by molar-refractivity contribution is 1.31. The van der Waals surface area contributed by atoms with E-state index in [1.54, 1.807) is 6.20 Å². The van der Waals surface area contributed by atoms with Crippen molar-refractivity contribution in [3.8, 4) is 11.3 Å². The topological polar surface area (TPSA) is 41.6 Å². The van der Waals surface area contributed by atoms with E-state index in [9.17, 15) is 0 Å². The van der Waals surface area contributed by atoms with Crippen LogP contribution in [0.25, 0.3) is 22.3 Å². The van der Waals surface area contributed by atoms with Crippen LogP contribution in [0.1, 0.15) is 0 Å². The lowest BCUT2D eigenvalue weighted by Crippen LogP contribution is -1.83. The van der Waals surface area contributed by atoms with Crippen molar-refractivity contribution >= 4 is 11.0 Å². The van der Waals surface area contributed by atoms with Gasteiger partial charge in [0.15, 0.2) is 6.33 Å². The van der Waals surface area contributed by atoms with Crippen molar-refractivity contribution in [1.29, 1.82) is 0 Å². The van der Waals surface area contributed by atoms with E-state index in [4.69, 9.17) is 0 Å². The Labute approximate surface area is 86.8 Å². The standard InChI is InChI=1S/C12H8N3/c1-2-7-13-10(5-1)9-4-3-6-11-12(9)15-8-14-11/h1-7H,(H,14,15). The van der Waals surface area contributed by atoms with Crippen molar-refractivity contribution in [2.45, 2.75) is 0 Å². The number of rotatable bonds is 1. The van der Waals surface area contributed by atoms with Crippen LogP contribution in [0.3, 0.4) is 0 Å². The second kappa shape index (κ2) is 3.20. The number of hydrogen-bond donors (Lipinski definition) is 1. The molecular weight excluding hydrogens is 186 g/mol. The summed E-state index contributed by atoms with van der Waals surface area (Å²) in [6, 6.07) is 11.8. The average molecular weight is 194 g/mol. The molecule has 1 aromatic carbocycles. The first-order valence-corrected chi connectivity index (χ1v) is 4.71. The van der Waals surface area contributed by atoms with Crippen LogP contribution in [-0.4, -0.2) is 15.0 Å². The number of para-hydroxylation sites is 1. The van der Waals surface area contributed by atoms with Gasteiger partial charge in [0.1, 0.15) is 0 Å². The molecule has 2 heterocycles. The van der Waals surface area contributed by atoms with Gasteiger partial charge in [-0.1, -0.05) is 18.2 Å². The SMILES string of the molecule is [c]1nc2c(-c3ccccn3)cccc2[nH]1. The van der Waals surface area contributed by atoms with Crippen molar-refractivity contribution in [3.05, 3.63) is 48.9 Å². The molecule has 0 aliphatic rings. The Morgan fingerprint density at radius 3 is 2.93 bits per heavy atom. The van der Waals surface area contributed by atoms with Crippen molar-refractivity contribution in [2.75, 3.05) is 0 Å². The molecule has 1 N–H and O–H groups in total. The zero-order chi connectivity index (χ0) is 10.1. The summed E-state index contributed by atoms with van der Waals surface area (Å²) in [6.45, 7) is 0. The fourth-order valence-corrected chi connectivity index (χ4v) is 1.64. The van der Waals surface area contributed by atoms with Gasteiger partial charge in [0.25, 0.3) is 0 Å². The quantitative estimate of drug-likeness (QED) is 0.646. The third kappa shape index (κ3) is 1.29. The molecule has 0 fully saturated rings. The molecule has 0 spiro atoms. The number of fused-ring (bicyclic) bond motifs is 1. The fraction of sp³-hybridized carbons (Fsp3) is 0. The van der Waals surface area contributed by atoms with Gasteiger partial charge in [-0.3, -0.25) is 4.98 Å². The number of H-pyrrole nitrogens is 1. The van der Waals surface area contributed by atoms with Gasteiger partial charge in [-0.2, -0.15) is 0 Å². The highest BCUT2D eigenvalue weighted by Gasteiger charge is 2.05.